The number of aliphatic hydroxyl groups excluding tert-OH is 1. The van der Waals surface area contributed by atoms with E-state index < -0.39 is 29.8 Å². The van der Waals surface area contributed by atoms with E-state index in [1.54, 1.807) is 0 Å². The minimum Gasteiger partial charge on any atom is -0.391 e. The molecule has 3 atom stereocenters. The van der Waals surface area contributed by atoms with Crippen LogP contribution in [0.25, 0.3) is 0 Å². The number of carbonyl (C=O) groups excluding carboxylic acids is 2. The number of hydrogen-bond acceptors (Lipinski definition) is 5. The van der Waals surface area contributed by atoms with Crippen molar-refractivity contribution < 1.29 is 14.7 Å². The van der Waals surface area contributed by atoms with Crippen LogP contribution in [0.5, 0.6) is 0 Å². The van der Waals surface area contributed by atoms with Crippen molar-refractivity contribution in [3.63, 3.8) is 0 Å². The predicted molar refractivity (Wildman–Crippen MR) is 49.0 cm³/mol. The van der Waals surface area contributed by atoms with E-state index in [0.717, 1.165) is 0 Å². The fraction of sp³-hybridized carbons (Fsp3) is 0.714. The van der Waals surface area contributed by atoms with Crippen LogP contribution < -0.4 is 22.5 Å². The number of carbonyl (C=O) groups is 2. The van der Waals surface area contributed by atoms with Crippen LogP contribution in [0, 0.1) is 11.8 Å². The Kier molecular flexibility index (Phi) is 5.06. The molecule has 0 radical (unpaired) electrons. The van der Waals surface area contributed by atoms with Crippen LogP contribution in [-0.2, 0) is 9.59 Å². The van der Waals surface area contributed by atoms with Crippen molar-refractivity contribution >= 4 is 11.8 Å². The van der Waals surface area contributed by atoms with Gasteiger partial charge in [-0.05, 0) is 0 Å². The zero-order chi connectivity index (χ0) is 11.3. The highest BCUT2D eigenvalue weighted by Crippen LogP contribution is 2.12. The van der Waals surface area contributed by atoms with Crippen LogP contribution >= 0.6 is 0 Å². The summed E-state index contributed by atoms with van der Waals surface area (Å²) in [7, 11) is 0. The van der Waals surface area contributed by atoms with Crippen molar-refractivity contribution in [2.75, 3.05) is 0 Å². The molecule has 0 rings (SSSR count). The van der Waals surface area contributed by atoms with E-state index >= 15 is 0 Å². The zero-order valence-electron chi connectivity index (χ0n) is 8.15. The lowest BCUT2D eigenvalue weighted by molar-refractivity contribution is -0.134. The monoisotopic (exact) mass is 204 g/mol. The van der Waals surface area contributed by atoms with E-state index in [0.29, 0.717) is 0 Å². The van der Waals surface area contributed by atoms with E-state index in [1.807, 2.05) is 10.9 Å². The van der Waals surface area contributed by atoms with E-state index in [2.05, 4.69) is 0 Å². The van der Waals surface area contributed by atoms with Crippen LogP contribution in [0.15, 0.2) is 0 Å². The molecule has 7 heteroatoms. The van der Waals surface area contributed by atoms with Crippen molar-refractivity contribution in [2.45, 2.75) is 20.0 Å². The maximum absolute atomic E-state index is 11.0. The van der Waals surface area contributed by atoms with Crippen molar-refractivity contribution in [1.82, 2.24) is 10.9 Å². The second-order valence-corrected chi connectivity index (χ2v) is 3.09. The first-order valence-electron chi connectivity index (χ1n) is 4.14. The molecule has 0 saturated carbocycles. The Balaban J connectivity index is 4.37. The van der Waals surface area contributed by atoms with Gasteiger partial charge in [-0.1, -0.05) is 13.8 Å². The Labute approximate surface area is 81.8 Å². The number of hydrogen-bond donors (Lipinski definition) is 5. The normalized spacial score (nSPS) is 16.6. The third-order valence-electron chi connectivity index (χ3n) is 2.14. The number of hydrazine groups is 2. The molecule has 0 bridgehead atoms. The summed E-state index contributed by atoms with van der Waals surface area (Å²) < 4.78 is 0. The van der Waals surface area contributed by atoms with Crippen molar-refractivity contribution in [3.8, 4) is 0 Å². The maximum Gasteiger partial charge on any atom is 0.239 e. The highest BCUT2D eigenvalue weighted by molar-refractivity contribution is 5.82. The van der Waals surface area contributed by atoms with Gasteiger partial charge in [-0.3, -0.25) is 20.4 Å². The van der Waals surface area contributed by atoms with Gasteiger partial charge in [-0.15, -0.1) is 0 Å². The van der Waals surface area contributed by atoms with Crippen LogP contribution in [0.3, 0.4) is 0 Å². The fourth-order valence-corrected chi connectivity index (χ4v) is 1.01. The average Bonchev–Trinajstić information content (AvgIpc) is 2.23. The van der Waals surface area contributed by atoms with Crippen molar-refractivity contribution in [2.24, 2.45) is 23.5 Å². The molecule has 0 saturated heterocycles. The van der Waals surface area contributed by atoms with Crippen LogP contribution in [0.1, 0.15) is 13.8 Å². The molecule has 0 aliphatic rings. The first-order chi connectivity index (χ1) is 6.45. The second kappa shape index (κ2) is 5.53. The second-order valence-electron chi connectivity index (χ2n) is 3.09. The lowest BCUT2D eigenvalue weighted by atomic mass is 9.92. The molecule has 1 unspecified atom stereocenters. The van der Waals surface area contributed by atoms with Gasteiger partial charge in [0, 0.05) is 0 Å². The highest BCUT2D eigenvalue weighted by Gasteiger charge is 2.30. The minimum atomic E-state index is -1.12. The van der Waals surface area contributed by atoms with Crippen molar-refractivity contribution in [3.05, 3.63) is 0 Å². The van der Waals surface area contributed by atoms with Gasteiger partial charge in [-0.2, -0.15) is 0 Å². The Morgan fingerprint density at radius 2 is 1.36 bits per heavy atom. The van der Waals surface area contributed by atoms with E-state index in [1.165, 1.54) is 13.8 Å². The molecule has 0 aromatic rings. The van der Waals surface area contributed by atoms with Gasteiger partial charge in [0.05, 0.1) is 17.9 Å². The largest absolute Gasteiger partial charge is 0.391 e. The molecule has 0 heterocycles. The van der Waals surface area contributed by atoms with Gasteiger partial charge in [-0.25, -0.2) is 11.7 Å². The smallest absolute Gasteiger partial charge is 0.239 e. The van der Waals surface area contributed by atoms with Gasteiger partial charge in [0.25, 0.3) is 0 Å². The number of nitrogens with one attached hydrogen (secondary N) is 2. The molecule has 0 spiro atoms. The summed E-state index contributed by atoms with van der Waals surface area (Å²) in [6.07, 6.45) is -1.12. The van der Waals surface area contributed by atoms with Gasteiger partial charge in [0.1, 0.15) is 0 Å². The SMILES string of the molecule is C[C@H](C(=O)NN)C(O)[C@@H](C)C(=O)NN. The molecular weight excluding hydrogens is 188 g/mol. The molecule has 0 fully saturated rings. The summed E-state index contributed by atoms with van der Waals surface area (Å²) >= 11 is 0. The number of aliphatic hydroxyl groups is 1. The lowest BCUT2D eigenvalue weighted by Crippen LogP contribution is -2.46. The summed E-state index contributed by atoms with van der Waals surface area (Å²) in [5.41, 5.74) is 3.79. The first-order valence-corrected chi connectivity index (χ1v) is 4.14. The average molecular weight is 204 g/mol. The standard InChI is InChI=1S/C7H16N4O3/c1-3(6(13)10-8)5(12)4(2)7(14)11-9/h3-5,12H,8-9H2,1-2H3,(H,10,13)(H,11,14)/t3-,4+,5?. The van der Waals surface area contributed by atoms with Gasteiger partial charge in [0.15, 0.2) is 0 Å². The summed E-state index contributed by atoms with van der Waals surface area (Å²) in [5.74, 6) is 7.16. The summed E-state index contributed by atoms with van der Waals surface area (Å²) in [5, 5.41) is 9.56. The molecular formula is C7H16N4O3. The van der Waals surface area contributed by atoms with E-state index in [-0.39, 0.29) is 0 Å². The van der Waals surface area contributed by atoms with Crippen LogP contribution in [0.4, 0.5) is 0 Å². The number of nitrogens with two attached hydrogens (primary N) is 2. The Bertz CT molecular complexity index is 199. The maximum atomic E-state index is 11.0. The van der Waals surface area contributed by atoms with Gasteiger partial charge in [0.2, 0.25) is 11.8 Å². The zero-order valence-corrected chi connectivity index (χ0v) is 8.15. The third kappa shape index (κ3) is 2.95. The van der Waals surface area contributed by atoms with E-state index in [4.69, 9.17) is 11.7 Å². The van der Waals surface area contributed by atoms with Crippen molar-refractivity contribution in [1.29, 1.82) is 0 Å². The molecule has 0 aromatic heterocycles. The van der Waals surface area contributed by atoms with Gasteiger partial charge < -0.3 is 5.11 Å². The minimum absolute atomic E-state index is 0.533. The van der Waals surface area contributed by atoms with Crippen LogP contribution in [-0.4, -0.2) is 23.0 Å². The molecule has 2 amide bonds. The summed E-state index contributed by atoms with van der Waals surface area (Å²) in [6, 6.07) is 0. The molecule has 0 aromatic carbocycles. The summed E-state index contributed by atoms with van der Waals surface area (Å²) in [4.78, 5) is 22.0. The summed E-state index contributed by atoms with van der Waals surface area (Å²) in [6.45, 7) is 2.93. The number of amides is 2. The quantitative estimate of drug-likeness (QED) is 0.198. The Hall–Kier alpha value is -1.18. The van der Waals surface area contributed by atoms with E-state index in [9.17, 15) is 14.7 Å². The first kappa shape index (κ1) is 12.8. The molecule has 7 nitrogen and oxygen atoms in total. The fourth-order valence-electron chi connectivity index (χ4n) is 1.01. The van der Waals surface area contributed by atoms with Gasteiger partial charge >= 0.3 is 0 Å². The molecule has 14 heavy (non-hydrogen) atoms. The Morgan fingerprint density at radius 3 is 1.57 bits per heavy atom. The Morgan fingerprint density at radius 1 is 1.07 bits per heavy atom. The highest BCUT2D eigenvalue weighted by atomic mass is 16.3. The number of rotatable bonds is 4. The molecule has 82 valence electrons. The molecule has 0 aliphatic carbocycles. The lowest BCUT2D eigenvalue weighted by Gasteiger charge is -2.21. The topological polar surface area (TPSA) is 130 Å². The molecule has 0 aliphatic heterocycles. The predicted octanol–water partition coefficient (Wildman–Crippen LogP) is -2.40. The van der Waals surface area contributed by atoms with Crippen LogP contribution in [0.2, 0.25) is 0 Å². The third-order valence-corrected chi connectivity index (χ3v) is 2.14. The molecule has 7 N–H and O–H groups in total.